The molecule has 1 aliphatic heterocycles. The normalized spacial score (nSPS) is 12.4. The Kier molecular flexibility index (Phi) is 6.73. The number of fused-ring (bicyclic) bond motifs is 1. The third-order valence-corrected chi connectivity index (χ3v) is 4.37. The minimum Gasteiger partial charge on any atom is -0.497 e. The Balaban J connectivity index is 1.81. The summed E-state index contributed by atoms with van der Waals surface area (Å²) < 4.78 is 15.8. The largest absolute Gasteiger partial charge is 0.497 e. The number of methoxy groups -OCH3 is 1. The van der Waals surface area contributed by atoms with Crippen LogP contribution >= 0.6 is 0 Å². The van der Waals surface area contributed by atoms with E-state index in [2.05, 4.69) is 10.6 Å². The van der Waals surface area contributed by atoms with Gasteiger partial charge >= 0.3 is 0 Å². The number of nitrogens with one attached hydrogen (secondary N) is 2. The molecule has 2 aromatic rings. The molecule has 0 aliphatic carbocycles. The maximum atomic E-state index is 12.7. The fourth-order valence-corrected chi connectivity index (χ4v) is 2.74. The molecule has 0 aromatic heterocycles. The quantitative estimate of drug-likeness (QED) is 0.529. The first kappa shape index (κ1) is 20.3. The van der Waals surface area contributed by atoms with Crippen LogP contribution in [0, 0.1) is 0 Å². The van der Waals surface area contributed by atoms with E-state index in [0.29, 0.717) is 34.9 Å². The summed E-state index contributed by atoms with van der Waals surface area (Å²) in [6.07, 6.45) is 3.43. The highest BCUT2D eigenvalue weighted by atomic mass is 16.7. The van der Waals surface area contributed by atoms with E-state index >= 15 is 0 Å². The SMILES string of the molecule is CCCCNC(=O)/C(=C\c1ccc2c(c1)OCO2)NC(=O)c1ccc(OC)cc1. The second kappa shape index (κ2) is 9.64. The average Bonchev–Trinajstić information content (AvgIpc) is 3.21. The van der Waals surface area contributed by atoms with Crippen LogP contribution in [0.3, 0.4) is 0 Å². The van der Waals surface area contributed by atoms with Gasteiger partial charge in [-0.05, 0) is 54.5 Å². The molecule has 0 saturated heterocycles. The highest BCUT2D eigenvalue weighted by Crippen LogP contribution is 2.33. The molecule has 3 rings (SSSR count). The van der Waals surface area contributed by atoms with E-state index in [4.69, 9.17) is 14.2 Å². The molecule has 7 heteroatoms. The van der Waals surface area contributed by atoms with Crippen LogP contribution in [0.25, 0.3) is 6.08 Å². The number of amides is 2. The van der Waals surface area contributed by atoms with E-state index < -0.39 is 0 Å². The van der Waals surface area contributed by atoms with Gasteiger partial charge in [0.25, 0.3) is 11.8 Å². The Bertz CT molecular complexity index is 906. The number of ether oxygens (including phenoxy) is 3. The van der Waals surface area contributed by atoms with Gasteiger partial charge in [0, 0.05) is 12.1 Å². The summed E-state index contributed by atoms with van der Waals surface area (Å²) in [4.78, 5) is 25.3. The highest BCUT2D eigenvalue weighted by molar-refractivity contribution is 6.05. The van der Waals surface area contributed by atoms with Crippen LogP contribution in [0.15, 0.2) is 48.2 Å². The van der Waals surface area contributed by atoms with Gasteiger partial charge in [-0.25, -0.2) is 0 Å². The van der Waals surface area contributed by atoms with Crippen molar-refractivity contribution in [3.63, 3.8) is 0 Å². The fraction of sp³-hybridized carbons (Fsp3) is 0.273. The van der Waals surface area contributed by atoms with Crippen molar-refractivity contribution >= 4 is 17.9 Å². The van der Waals surface area contributed by atoms with Gasteiger partial charge in [0.15, 0.2) is 11.5 Å². The minimum atomic E-state index is -0.384. The molecular weight excluding hydrogens is 372 g/mol. The Labute approximate surface area is 169 Å². The molecule has 2 aromatic carbocycles. The predicted molar refractivity (Wildman–Crippen MR) is 109 cm³/mol. The lowest BCUT2D eigenvalue weighted by molar-refractivity contribution is -0.117. The first-order valence-corrected chi connectivity index (χ1v) is 9.45. The van der Waals surface area contributed by atoms with Gasteiger partial charge < -0.3 is 24.8 Å². The van der Waals surface area contributed by atoms with Crippen molar-refractivity contribution in [1.29, 1.82) is 0 Å². The van der Waals surface area contributed by atoms with Gasteiger partial charge in [0.1, 0.15) is 11.4 Å². The van der Waals surface area contributed by atoms with Crippen molar-refractivity contribution in [2.24, 2.45) is 0 Å². The number of hydrogen-bond donors (Lipinski definition) is 2. The van der Waals surface area contributed by atoms with Crippen molar-refractivity contribution in [3.05, 3.63) is 59.3 Å². The van der Waals surface area contributed by atoms with E-state index in [-0.39, 0.29) is 24.3 Å². The van der Waals surface area contributed by atoms with Gasteiger partial charge in [-0.2, -0.15) is 0 Å². The smallest absolute Gasteiger partial charge is 0.267 e. The lowest BCUT2D eigenvalue weighted by Gasteiger charge is -2.11. The van der Waals surface area contributed by atoms with Crippen molar-refractivity contribution in [2.75, 3.05) is 20.4 Å². The Morgan fingerprint density at radius 2 is 1.86 bits per heavy atom. The third kappa shape index (κ3) is 5.28. The number of rotatable bonds is 8. The standard InChI is InChI=1S/C22H24N2O5/c1-3-4-11-23-22(26)18(12-15-5-10-19-20(13-15)29-14-28-19)24-21(25)16-6-8-17(27-2)9-7-16/h5-10,12-13H,3-4,11,14H2,1-2H3,(H,23,26)(H,24,25)/b18-12+. The monoisotopic (exact) mass is 396 g/mol. The van der Waals surface area contributed by atoms with Crippen LogP contribution in [0.5, 0.6) is 17.2 Å². The molecule has 1 aliphatic rings. The van der Waals surface area contributed by atoms with E-state index in [0.717, 1.165) is 12.8 Å². The van der Waals surface area contributed by atoms with Gasteiger partial charge in [-0.15, -0.1) is 0 Å². The van der Waals surface area contributed by atoms with Crippen LogP contribution < -0.4 is 24.8 Å². The van der Waals surface area contributed by atoms with Gasteiger partial charge in [0.2, 0.25) is 6.79 Å². The summed E-state index contributed by atoms with van der Waals surface area (Å²) in [5.74, 6) is 1.17. The van der Waals surface area contributed by atoms with Crippen molar-refractivity contribution in [3.8, 4) is 17.2 Å². The zero-order chi connectivity index (χ0) is 20.6. The lowest BCUT2D eigenvalue weighted by atomic mass is 10.1. The molecule has 152 valence electrons. The number of carbonyl (C=O) groups is 2. The molecule has 0 unspecified atom stereocenters. The van der Waals surface area contributed by atoms with Gasteiger partial charge in [0.05, 0.1) is 7.11 Å². The van der Waals surface area contributed by atoms with Crippen LogP contribution in [0.4, 0.5) is 0 Å². The molecule has 0 fully saturated rings. The molecule has 2 amide bonds. The molecule has 0 radical (unpaired) electrons. The Hall–Kier alpha value is -3.48. The van der Waals surface area contributed by atoms with Crippen molar-refractivity contribution < 1.29 is 23.8 Å². The molecular formula is C22H24N2O5. The zero-order valence-corrected chi connectivity index (χ0v) is 16.5. The molecule has 7 nitrogen and oxygen atoms in total. The lowest BCUT2D eigenvalue weighted by Crippen LogP contribution is -2.35. The number of hydrogen-bond acceptors (Lipinski definition) is 5. The maximum absolute atomic E-state index is 12.7. The van der Waals surface area contributed by atoms with Gasteiger partial charge in [-0.1, -0.05) is 19.4 Å². The number of benzene rings is 2. The molecule has 29 heavy (non-hydrogen) atoms. The predicted octanol–water partition coefficient (Wildman–Crippen LogP) is 3.11. The van der Waals surface area contributed by atoms with Crippen LogP contribution in [-0.2, 0) is 4.79 Å². The topological polar surface area (TPSA) is 85.9 Å². The number of carbonyl (C=O) groups excluding carboxylic acids is 2. The van der Waals surface area contributed by atoms with Crippen LogP contribution in [0.1, 0.15) is 35.7 Å². The summed E-state index contributed by atoms with van der Waals surface area (Å²) in [5, 5.41) is 5.54. The summed E-state index contributed by atoms with van der Waals surface area (Å²) in [7, 11) is 1.56. The van der Waals surface area contributed by atoms with E-state index in [9.17, 15) is 9.59 Å². The molecule has 0 spiro atoms. The highest BCUT2D eigenvalue weighted by Gasteiger charge is 2.17. The first-order valence-electron chi connectivity index (χ1n) is 9.45. The zero-order valence-electron chi connectivity index (χ0n) is 16.5. The fourth-order valence-electron chi connectivity index (χ4n) is 2.74. The van der Waals surface area contributed by atoms with E-state index in [1.807, 2.05) is 6.92 Å². The summed E-state index contributed by atoms with van der Waals surface area (Å²) in [6, 6.07) is 12.0. The van der Waals surface area contributed by atoms with Gasteiger partial charge in [-0.3, -0.25) is 9.59 Å². The van der Waals surface area contributed by atoms with Crippen molar-refractivity contribution in [2.45, 2.75) is 19.8 Å². The molecule has 0 atom stereocenters. The van der Waals surface area contributed by atoms with E-state index in [1.165, 1.54) is 0 Å². The molecule has 0 saturated carbocycles. The number of unbranched alkanes of at least 4 members (excludes halogenated alkanes) is 1. The second-order valence-electron chi connectivity index (χ2n) is 6.46. The molecule has 2 N–H and O–H groups in total. The summed E-state index contributed by atoms with van der Waals surface area (Å²) in [5.41, 5.74) is 1.29. The summed E-state index contributed by atoms with van der Waals surface area (Å²) >= 11 is 0. The van der Waals surface area contributed by atoms with E-state index in [1.54, 1.807) is 55.7 Å². The third-order valence-electron chi connectivity index (χ3n) is 4.37. The Morgan fingerprint density at radius 1 is 1.10 bits per heavy atom. The molecule has 1 heterocycles. The van der Waals surface area contributed by atoms with Crippen LogP contribution in [-0.4, -0.2) is 32.3 Å². The molecule has 0 bridgehead atoms. The summed E-state index contributed by atoms with van der Waals surface area (Å²) in [6.45, 7) is 2.74. The minimum absolute atomic E-state index is 0.154. The van der Waals surface area contributed by atoms with Crippen molar-refractivity contribution in [1.82, 2.24) is 10.6 Å². The Morgan fingerprint density at radius 3 is 2.59 bits per heavy atom. The average molecular weight is 396 g/mol. The van der Waals surface area contributed by atoms with Crippen LogP contribution in [0.2, 0.25) is 0 Å². The first-order chi connectivity index (χ1) is 14.1. The second-order valence-corrected chi connectivity index (χ2v) is 6.46. The maximum Gasteiger partial charge on any atom is 0.267 e.